The van der Waals surface area contributed by atoms with E-state index in [0.717, 1.165) is 45.7 Å². The molecule has 0 unspecified atom stereocenters. The van der Waals surface area contributed by atoms with Gasteiger partial charge in [-0.1, -0.05) is 12.1 Å². The maximum Gasteiger partial charge on any atom is 0.269 e. The fraction of sp³-hybridized carbons (Fsp3) is 0.263. The van der Waals surface area contributed by atoms with Gasteiger partial charge in [0.2, 0.25) is 5.95 Å². The highest BCUT2D eigenvalue weighted by atomic mass is 16.1. The van der Waals surface area contributed by atoms with Crippen molar-refractivity contribution in [3.8, 4) is 11.4 Å². The number of nitrogens with two attached hydrogens (primary N) is 2. The van der Waals surface area contributed by atoms with Gasteiger partial charge in [-0.2, -0.15) is 5.10 Å². The number of aryl methyl sites for hydroxylation is 3. The Labute approximate surface area is 156 Å². The van der Waals surface area contributed by atoms with Crippen molar-refractivity contribution in [3.05, 3.63) is 52.3 Å². The van der Waals surface area contributed by atoms with E-state index in [4.69, 9.17) is 16.5 Å². The van der Waals surface area contributed by atoms with Crippen LogP contribution in [-0.2, 0) is 26.4 Å². The Balaban J connectivity index is 1.76. The number of carbonyl (C=O) groups is 1. The summed E-state index contributed by atoms with van der Waals surface area (Å²) in [5, 5.41) is 7.57. The molecule has 2 aromatic heterocycles. The molecular weight excluding hydrogens is 342 g/mol. The third-order valence-corrected chi connectivity index (χ3v) is 4.90. The number of aromatic nitrogens is 4. The third-order valence-electron chi connectivity index (χ3n) is 4.90. The summed E-state index contributed by atoms with van der Waals surface area (Å²) >= 11 is 0. The van der Waals surface area contributed by atoms with Crippen LogP contribution in [-0.4, -0.2) is 25.7 Å². The largest absolute Gasteiger partial charge is 0.364 e. The first kappa shape index (κ1) is 17.2. The van der Waals surface area contributed by atoms with Gasteiger partial charge in [0, 0.05) is 31.0 Å². The number of anilines is 2. The second-order valence-electron chi connectivity index (χ2n) is 6.71. The standard InChI is InChI=1S/C19H21N7O/c1-10-3-4-11(8-20)7-14(10)23-19-22-9-12-5-6-13-16(18(21)27)25-26(2)17(13)15(12)24-19/h3-4,7,9H,5-6,8,20H2,1-2H3,(H2,21,27)(H,22,23,24). The smallest absolute Gasteiger partial charge is 0.269 e. The molecule has 0 saturated carbocycles. The van der Waals surface area contributed by atoms with Crippen LogP contribution in [0.25, 0.3) is 11.4 Å². The Morgan fingerprint density at radius 1 is 1.33 bits per heavy atom. The van der Waals surface area contributed by atoms with E-state index >= 15 is 0 Å². The summed E-state index contributed by atoms with van der Waals surface area (Å²) in [6.07, 6.45) is 3.27. The SMILES string of the molecule is Cc1ccc(CN)cc1Nc1ncc2c(n1)-c1c(c(C(N)=O)nn1C)CC2. The topological polar surface area (TPSA) is 125 Å². The van der Waals surface area contributed by atoms with Gasteiger partial charge in [0.05, 0.1) is 11.4 Å². The summed E-state index contributed by atoms with van der Waals surface area (Å²) < 4.78 is 1.67. The summed E-state index contributed by atoms with van der Waals surface area (Å²) in [6, 6.07) is 6.02. The lowest BCUT2D eigenvalue weighted by Gasteiger charge is -2.18. The molecule has 1 aliphatic rings. The van der Waals surface area contributed by atoms with Gasteiger partial charge >= 0.3 is 0 Å². The summed E-state index contributed by atoms with van der Waals surface area (Å²) in [5.41, 5.74) is 18.0. The Hall–Kier alpha value is -3.26. The first-order valence-corrected chi connectivity index (χ1v) is 8.76. The molecule has 1 aliphatic carbocycles. The van der Waals surface area contributed by atoms with Crippen molar-refractivity contribution >= 4 is 17.5 Å². The highest BCUT2D eigenvalue weighted by Crippen LogP contribution is 2.34. The molecule has 0 aliphatic heterocycles. The summed E-state index contributed by atoms with van der Waals surface area (Å²) in [5.74, 6) is -0.0300. The number of nitrogens with one attached hydrogen (secondary N) is 1. The van der Waals surface area contributed by atoms with Crippen LogP contribution < -0.4 is 16.8 Å². The average molecular weight is 363 g/mol. The van der Waals surface area contributed by atoms with Gasteiger partial charge in [0.25, 0.3) is 5.91 Å². The molecule has 2 heterocycles. The Morgan fingerprint density at radius 2 is 2.15 bits per heavy atom. The molecule has 0 saturated heterocycles. The van der Waals surface area contributed by atoms with E-state index < -0.39 is 5.91 Å². The maximum atomic E-state index is 11.7. The number of hydrogen-bond acceptors (Lipinski definition) is 6. The first-order valence-electron chi connectivity index (χ1n) is 8.76. The molecule has 1 aromatic carbocycles. The quantitative estimate of drug-likeness (QED) is 0.646. The van der Waals surface area contributed by atoms with Gasteiger partial charge in [0.1, 0.15) is 0 Å². The highest BCUT2D eigenvalue weighted by Gasteiger charge is 2.28. The number of benzene rings is 1. The van der Waals surface area contributed by atoms with E-state index in [1.165, 1.54) is 0 Å². The molecule has 5 N–H and O–H groups in total. The van der Waals surface area contributed by atoms with E-state index in [1.807, 2.05) is 31.3 Å². The minimum Gasteiger partial charge on any atom is -0.364 e. The Bertz CT molecular complexity index is 1050. The molecule has 3 aromatic rings. The molecule has 0 spiro atoms. The fourth-order valence-electron chi connectivity index (χ4n) is 3.46. The lowest BCUT2D eigenvalue weighted by Crippen LogP contribution is -2.16. The van der Waals surface area contributed by atoms with E-state index in [1.54, 1.807) is 11.7 Å². The summed E-state index contributed by atoms with van der Waals surface area (Å²) in [7, 11) is 1.80. The van der Waals surface area contributed by atoms with Crippen LogP contribution in [0.5, 0.6) is 0 Å². The van der Waals surface area contributed by atoms with Crippen molar-refractivity contribution in [2.75, 3.05) is 5.32 Å². The predicted octanol–water partition coefficient (Wildman–Crippen LogP) is 1.59. The van der Waals surface area contributed by atoms with Crippen LogP contribution in [0.3, 0.4) is 0 Å². The number of hydrogen-bond donors (Lipinski definition) is 3. The zero-order valence-corrected chi connectivity index (χ0v) is 15.3. The van der Waals surface area contributed by atoms with Crippen LogP contribution in [0, 0.1) is 6.92 Å². The number of carbonyl (C=O) groups excluding carboxylic acids is 1. The van der Waals surface area contributed by atoms with Crippen LogP contribution in [0.4, 0.5) is 11.6 Å². The number of fused-ring (bicyclic) bond motifs is 3. The Kier molecular flexibility index (Phi) is 4.12. The van der Waals surface area contributed by atoms with Gasteiger partial charge in [0.15, 0.2) is 5.69 Å². The van der Waals surface area contributed by atoms with Crippen LogP contribution in [0.15, 0.2) is 24.4 Å². The van der Waals surface area contributed by atoms with Crippen molar-refractivity contribution in [1.82, 2.24) is 19.7 Å². The van der Waals surface area contributed by atoms with Crippen molar-refractivity contribution in [2.24, 2.45) is 18.5 Å². The first-order chi connectivity index (χ1) is 13.0. The van der Waals surface area contributed by atoms with Gasteiger partial charge in [-0.05, 0) is 42.5 Å². The fourth-order valence-corrected chi connectivity index (χ4v) is 3.46. The summed E-state index contributed by atoms with van der Waals surface area (Å²) in [4.78, 5) is 20.9. The third kappa shape index (κ3) is 2.93. The summed E-state index contributed by atoms with van der Waals surface area (Å²) in [6.45, 7) is 2.48. The second-order valence-corrected chi connectivity index (χ2v) is 6.71. The molecule has 0 radical (unpaired) electrons. The number of nitrogens with zero attached hydrogens (tertiary/aromatic N) is 4. The van der Waals surface area contributed by atoms with Gasteiger partial charge in [-0.15, -0.1) is 0 Å². The van der Waals surface area contributed by atoms with Crippen molar-refractivity contribution in [1.29, 1.82) is 0 Å². The van der Waals surface area contributed by atoms with Crippen molar-refractivity contribution in [2.45, 2.75) is 26.3 Å². The second kappa shape index (κ2) is 6.48. The van der Waals surface area contributed by atoms with E-state index in [2.05, 4.69) is 15.4 Å². The molecule has 8 nitrogen and oxygen atoms in total. The molecule has 1 amide bonds. The molecule has 4 rings (SSSR count). The molecule has 0 bridgehead atoms. The van der Waals surface area contributed by atoms with Gasteiger partial charge < -0.3 is 16.8 Å². The highest BCUT2D eigenvalue weighted by molar-refractivity contribution is 5.94. The minimum absolute atomic E-state index is 0.317. The zero-order chi connectivity index (χ0) is 19.1. The van der Waals surface area contributed by atoms with Gasteiger partial charge in [-0.25, -0.2) is 9.97 Å². The molecule has 27 heavy (non-hydrogen) atoms. The lowest BCUT2D eigenvalue weighted by atomic mass is 9.93. The van der Waals surface area contributed by atoms with Crippen LogP contribution in [0.1, 0.15) is 32.7 Å². The maximum absolute atomic E-state index is 11.7. The average Bonchev–Trinajstić information content (AvgIpc) is 3.01. The molecule has 138 valence electrons. The van der Waals surface area contributed by atoms with Crippen molar-refractivity contribution in [3.63, 3.8) is 0 Å². The van der Waals surface area contributed by atoms with Crippen molar-refractivity contribution < 1.29 is 4.79 Å². The number of primary amides is 1. The van der Waals surface area contributed by atoms with E-state index in [-0.39, 0.29) is 0 Å². The van der Waals surface area contributed by atoms with E-state index in [0.29, 0.717) is 24.6 Å². The van der Waals surface area contributed by atoms with Crippen LogP contribution >= 0.6 is 0 Å². The Morgan fingerprint density at radius 3 is 2.89 bits per heavy atom. The monoisotopic (exact) mass is 363 g/mol. The predicted molar refractivity (Wildman–Crippen MR) is 103 cm³/mol. The van der Waals surface area contributed by atoms with Gasteiger partial charge in [-0.3, -0.25) is 9.48 Å². The molecule has 0 fully saturated rings. The van der Waals surface area contributed by atoms with Crippen LogP contribution in [0.2, 0.25) is 0 Å². The normalized spacial score (nSPS) is 12.4. The number of amides is 1. The lowest BCUT2D eigenvalue weighted by molar-refractivity contribution is 0.0994. The van der Waals surface area contributed by atoms with E-state index in [9.17, 15) is 4.79 Å². The zero-order valence-electron chi connectivity index (χ0n) is 15.3. The molecule has 8 heteroatoms. The molecule has 0 atom stereocenters. The molecular formula is C19H21N7O. The minimum atomic E-state index is -0.517. The number of rotatable bonds is 4.